The van der Waals surface area contributed by atoms with Gasteiger partial charge in [-0.05, 0) is 75.6 Å². The van der Waals surface area contributed by atoms with Gasteiger partial charge in [0.1, 0.15) is 12.6 Å². The Labute approximate surface area is 247 Å². The third-order valence-corrected chi connectivity index (χ3v) is 9.41. The van der Waals surface area contributed by atoms with Crippen molar-refractivity contribution in [1.29, 1.82) is 0 Å². The van der Waals surface area contributed by atoms with E-state index in [1.165, 1.54) is 17.0 Å². The third kappa shape index (κ3) is 7.36. The van der Waals surface area contributed by atoms with E-state index in [0.717, 1.165) is 9.87 Å². The Morgan fingerprint density at radius 2 is 1.52 bits per heavy atom. The van der Waals surface area contributed by atoms with Crippen LogP contribution in [0.3, 0.4) is 0 Å². The van der Waals surface area contributed by atoms with Crippen LogP contribution in [-0.4, -0.2) is 43.8 Å². The Morgan fingerprint density at radius 1 is 0.900 bits per heavy atom. The summed E-state index contributed by atoms with van der Waals surface area (Å²) in [5.41, 5.74) is 2.31. The maximum atomic E-state index is 14.0. The Bertz CT molecular complexity index is 1460. The van der Waals surface area contributed by atoms with Crippen LogP contribution in [0.5, 0.6) is 0 Å². The van der Waals surface area contributed by atoms with E-state index in [1.807, 2.05) is 20.8 Å². The molecule has 40 heavy (non-hydrogen) atoms. The summed E-state index contributed by atoms with van der Waals surface area (Å²) in [6, 6.07) is 17.3. The van der Waals surface area contributed by atoms with E-state index < -0.39 is 28.5 Å². The van der Waals surface area contributed by atoms with Crippen molar-refractivity contribution in [3.63, 3.8) is 0 Å². The zero-order chi connectivity index (χ0) is 29.6. The van der Waals surface area contributed by atoms with Crippen LogP contribution in [0.4, 0.5) is 5.69 Å². The lowest BCUT2D eigenvalue weighted by molar-refractivity contribution is -0.139. The normalized spacial score (nSPS) is 12.9. The first-order valence-corrected chi connectivity index (χ1v) is 15.2. The van der Waals surface area contributed by atoms with Gasteiger partial charge >= 0.3 is 0 Å². The lowest BCUT2D eigenvalue weighted by atomic mass is 10.1. The van der Waals surface area contributed by atoms with Crippen LogP contribution in [0.15, 0.2) is 71.6 Å². The topological polar surface area (TPSA) is 86.8 Å². The predicted molar refractivity (Wildman–Crippen MR) is 161 cm³/mol. The lowest BCUT2D eigenvalue weighted by Crippen LogP contribution is -2.52. The fraction of sp³-hybridized carbons (Fsp3) is 0.333. The maximum Gasteiger partial charge on any atom is 0.264 e. The molecule has 1 N–H and O–H groups in total. The zero-order valence-corrected chi connectivity index (χ0v) is 25.6. The van der Waals surface area contributed by atoms with E-state index in [-0.39, 0.29) is 29.1 Å². The molecule has 3 rings (SSSR count). The Hall–Kier alpha value is -3.07. The van der Waals surface area contributed by atoms with Crippen LogP contribution < -0.4 is 9.62 Å². The number of amides is 2. The molecule has 0 aliphatic rings. The molecule has 0 aliphatic heterocycles. The van der Waals surface area contributed by atoms with E-state index in [2.05, 4.69) is 5.32 Å². The molecule has 0 spiro atoms. The number of nitrogens with zero attached hydrogens (tertiary/aromatic N) is 2. The SMILES string of the molecule is CCC(C)NC(=O)C(C)N(Cc1ccccc1Cl)C(=O)CN(c1cccc(Cl)c1C)S(=O)(=O)c1ccc(C)cc1. The van der Waals surface area contributed by atoms with Crippen molar-refractivity contribution in [2.24, 2.45) is 0 Å². The van der Waals surface area contributed by atoms with Crippen LogP contribution in [0.1, 0.15) is 43.9 Å². The van der Waals surface area contributed by atoms with Crippen LogP contribution in [-0.2, 0) is 26.2 Å². The minimum atomic E-state index is -4.19. The third-order valence-electron chi connectivity index (χ3n) is 6.86. The molecule has 0 aromatic heterocycles. The number of anilines is 1. The quantitative estimate of drug-likeness (QED) is 0.285. The van der Waals surface area contributed by atoms with Crippen molar-refractivity contribution in [3.05, 3.63) is 93.5 Å². The van der Waals surface area contributed by atoms with Gasteiger partial charge in [0.25, 0.3) is 10.0 Å². The van der Waals surface area contributed by atoms with Gasteiger partial charge in [0.05, 0.1) is 10.6 Å². The summed E-state index contributed by atoms with van der Waals surface area (Å²) in [6.45, 7) is 8.46. The first-order chi connectivity index (χ1) is 18.9. The highest BCUT2D eigenvalue weighted by Crippen LogP contribution is 2.31. The van der Waals surface area contributed by atoms with Crippen LogP contribution in [0.25, 0.3) is 0 Å². The molecule has 0 saturated carbocycles. The summed E-state index contributed by atoms with van der Waals surface area (Å²) < 4.78 is 29.0. The Balaban J connectivity index is 2.08. The smallest absolute Gasteiger partial charge is 0.264 e. The molecule has 10 heteroatoms. The molecular weight excluding hydrogens is 569 g/mol. The molecule has 0 fully saturated rings. The molecule has 2 unspecified atom stereocenters. The van der Waals surface area contributed by atoms with Gasteiger partial charge in [0.2, 0.25) is 11.8 Å². The van der Waals surface area contributed by atoms with Crippen LogP contribution in [0.2, 0.25) is 10.0 Å². The van der Waals surface area contributed by atoms with Gasteiger partial charge < -0.3 is 10.2 Å². The number of hydrogen-bond donors (Lipinski definition) is 1. The van der Waals surface area contributed by atoms with Crippen molar-refractivity contribution in [1.82, 2.24) is 10.2 Å². The molecule has 3 aromatic rings. The number of carbonyl (C=O) groups excluding carboxylic acids is 2. The van der Waals surface area contributed by atoms with Gasteiger partial charge in [0, 0.05) is 22.6 Å². The maximum absolute atomic E-state index is 14.0. The van der Waals surface area contributed by atoms with Gasteiger partial charge in [-0.1, -0.05) is 72.1 Å². The summed E-state index contributed by atoms with van der Waals surface area (Å²) in [5, 5.41) is 3.71. The molecule has 0 bridgehead atoms. The summed E-state index contributed by atoms with van der Waals surface area (Å²) in [5.74, 6) is -0.914. The predicted octanol–water partition coefficient (Wildman–Crippen LogP) is 6.14. The van der Waals surface area contributed by atoms with Gasteiger partial charge in [-0.2, -0.15) is 0 Å². The van der Waals surface area contributed by atoms with Crippen molar-refractivity contribution >= 4 is 50.7 Å². The number of aryl methyl sites for hydroxylation is 1. The number of halogens is 2. The molecule has 0 radical (unpaired) electrons. The zero-order valence-electron chi connectivity index (χ0n) is 23.3. The molecule has 3 aromatic carbocycles. The number of nitrogens with one attached hydrogen (secondary N) is 1. The summed E-state index contributed by atoms with van der Waals surface area (Å²) in [4.78, 5) is 28.6. The molecule has 0 saturated heterocycles. The van der Waals surface area contributed by atoms with Gasteiger partial charge in [-0.15, -0.1) is 0 Å². The first kappa shape index (κ1) is 31.5. The van der Waals surface area contributed by atoms with E-state index in [4.69, 9.17) is 23.2 Å². The second-order valence-electron chi connectivity index (χ2n) is 9.82. The van der Waals surface area contributed by atoms with E-state index in [9.17, 15) is 18.0 Å². The van der Waals surface area contributed by atoms with Crippen molar-refractivity contribution in [2.45, 2.75) is 64.6 Å². The Morgan fingerprint density at radius 3 is 2.15 bits per heavy atom. The highest BCUT2D eigenvalue weighted by molar-refractivity contribution is 7.92. The van der Waals surface area contributed by atoms with E-state index in [1.54, 1.807) is 68.4 Å². The Kier molecular flexibility index (Phi) is 10.6. The molecule has 0 aliphatic carbocycles. The summed E-state index contributed by atoms with van der Waals surface area (Å²) in [6.07, 6.45) is 0.716. The standard InChI is InChI=1S/C30H35Cl2N3O4S/c1-6-21(3)33-30(37)23(5)34(18-24-10-7-8-11-27(24)32)29(36)19-35(28-13-9-12-26(31)22(28)4)40(38,39)25-16-14-20(2)15-17-25/h7-17,21,23H,6,18-19H2,1-5H3,(H,33,37). The molecule has 0 heterocycles. The lowest BCUT2D eigenvalue weighted by Gasteiger charge is -2.33. The fourth-order valence-electron chi connectivity index (χ4n) is 4.08. The second-order valence-corrected chi connectivity index (χ2v) is 12.5. The molecule has 7 nitrogen and oxygen atoms in total. The number of carbonyl (C=O) groups is 2. The van der Waals surface area contributed by atoms with Crippen LogP contribution in [0, 0.1) is 13.8 Å². The van der Waals surface area contributed by atoms with Gasteiger partial charge in [-0.25, -0.2) is 8.42 Å². The second kappa shape index (κ2) is 13.5. The molecule has 214 valence electrons. The summed E-state index contributed by atoms with van der Waals surface area (Å²) >= 11 is 12.8. The fourth-order valence-corrected chi connectivity index (χ4v) is 5.91. The summed E-state index contributed by atoms with van der Waals surface area (Å²) in [7, 11) is -4.19. The highest BCUT2D eigenvalue weighted by Gasteiger charge is 2.33. The van der Waals surface area contributed by atoms with Crippen LogP contribution >= 0.6 is 23.2 Å². The minimum Gasteiger partial charge on any atom is -0.352 e. The monoisotopic (exact) mass is 603 g/mol. The largest absolute Gasteiger partial charge is 0.352 e. The molecule has 2 amide bonds. The number of benzene rings is 3. The average molecular weight is 605 g/mol. The van der Waals surface area contributed by atoms with Crippen molar-refractivity contribution < 1.29 is 18.0 Å². The number of sulfonamides is 1. The minimum absolute atomic E-state index is 0.0144. The first-order valence-electron chi connectivity index (χ1n) is 13.0. The van der Waals surface area contributed by atoms with E-state index in [0.29, 0.717) is 27.6 Å². The van der Waals surface area contributed by atoms with Gasteiger partial charge in [0.15, 0.2) is 0 Å². The van der Waals surface area contributed by atoms with Gasteiger partial charge in [-0.3, -0.25) is 13.9 Å². The molecular formula is C30H35Cl2N3O4S. The van der Waals surface area contributed by atoms with E-state index >= 15 is 0 Å². The molecule has 2 atom stereocenters. The highest BCUT2D eigenvalue weighted by atomic mass is 35.5. The number of rotatable bonds is 11. The van der Waals surface area contributed by atoms with Crippen molar-refractivity contribution in [2.75, 3.05) is 10.8 Å². The average Bonchev–Trinajstić information content (AvgIpc) is 2.92. The number of hydrogen-bond acceptors (Lipinski definition) is 4. The van der Waals surface area contributed by atoms with Crippen molar-refractivity contribution in [3.8, 4) is 0 Å².